The molecule has 1 N–H and O–H groups in total. The van der Waals surface area contributed by atoms with Crippen molar-refractivity contribution in [1.82, 2.24) is 9.80 Å². The van der Waals surface area contributed by atoms with Gasteiger partial charge in [0.05, 0.1) is 36.8 Å². The van der Waals surface area contributed by atoms with E-state index in [1.807, 2.05) is 0 Å². The SMILES string of the molecule is CN1C(=O)c2ccc(C(=O)N3CCOCC3CC(=O)O)cc2C1=O. The number of carbonyl (C=O) groups excluding carboxylic acids is 3. The molecule has 0 bridgehead atoms. The van der Waals surface area contributed by atoms with Gasteiger partial charge in [0.2, 0.25) is 0 Å². The Labute approximate surface area is 137 Å². The molecule has 0 spiro atoms. The fraction of sp³-hybridized carbons (Fsp3) is 0.375. The third-order valence-corrected chi connectivity index (χ3v) is 4.24. The maximum Gasteiger partial charge on any atom is 0.305 e. The minimum Gasteiger partial charge on any atom is -0.481 e. The molecule has 0 radical (unpaired) electrons. The Morgan fingerprint density at radius 3 is 2.67 bits per heavy atom. The van der Waals surface area contributed by atoms with E-state index < -0.39 is 23.8 Å². The lowest BCUT2D eigenvalue weighted by atomic mass is 10.0. The Morgan fingerprint density at radius 2 is 1.96 bits per heavy atom. The van der Waals surface area contributed by atoms with Crippen LogP contribution in [0.25, 0.3) is 0 Å². The Hall–Kier alpha value is -2.74. The first-order valence-electron chi connectivity index (χ1n) is 7.47. The highest BCUT2D eigenvalue weighted by molar-refractivity contribution is 6.21. The van der Waals surface area contributed by atoms with E-state index >= 15 is 0 Å². The molecule has 0 aliphatic carbocycles. The molecular weight excluding hydrogens is 316 g/mol. The van der Waals surface area contributed by atoms with Crippen LogP contribution in [0.4, 0.5) is 0 Å². The summed E-state index contributed by atoms with van der Waals surface area (Å²) in [6.45, 7) is 0.761. The van der Waals surface area contributed by atoms with Crippen LogP contribution in [0.5, 0.6) is 0 Å². The van der Waals surface area contributed by atoms with E-state index in [2.05, 4.69) is 0 Å². The second kappa shape index (κ2) is 6.04. The molecule has 1 aromatic carbocycles. The molecule has 126 valence electrons. The summed E-state index contributed by atoms with van der Waals surface area (Å²) < 4.78 is 5.26. The second-order valence-corrected chi connectivity index (χ2v) is 5.75. The van der Waals surface area contributed by atoms with Crippen molar-refractivity contribution in [2.75, 3.05) is 26.8 Å². The maximum atomic E-state index is 12.7. The maximum absolute atomic E-state index is 12.7. The Bertz CT molecular complexity index is 744. The molecule has 2 aliphatic heterocycles. The van der Waals surface area contributed by atoms with Crippen molar-refractivity contribution in [3.63, 3.8) is 0 Å². The van der Waals surface area contributed by atoms with Crippen LogP contribution in [0, 0.1) is 0 Å². The zero-order chi connectivity index (χ0) is 17.4. The van der Waals surface area contributed by atoms with Gasteiger partial charge in [-0.3, -0.25) is 24.1 Å². The van der Waals surface area contributed by atoms with Gasteiger partial charge in [-0.15, -0.1) is 0 Å². The number of carboxylic acids is 1. The average Bonchev–Trinajstić information content (AvgIpc) is 2.78. The highest BCUT2D eigenvalue weighted by atomic mass is 16.5. The number of carboxylic acid groups (broad SMARTS) is 1. The molecule has 2 aliphatic rings. The van der Waals surface area contributed by atoms with Crippen LogP contribution < -0.4 is 0 Å². The number of rotatable bonds is 3. The van der Waals surface area contributed by atoms with Crippen LogP contribution >= 0.6 is 0 Å². The summed E-state index contributed by atoms with van der Waals surface area (Å²) in [6, 6.07) is 3.78. The summed E-state index contributed by atoms with van der Waals surface area (Å²) in [7, 11) is 1.39. The van der Waals surface area contributed by atoms with Gasteiger partial charge >= 0.3 is 5.97 Å². The van der Waals surface area contributed by atoms with Crippen molar-refractivity contribution in [3.05, 3.63) is 34.9 Å². The molecule has 3 rings (SSSR count). The fourth-order valence-electron chi connectivity index (χ4n) is 2.95. The predicted octanol–water partition coefficient (Wildman–Crippen LogP) is 0.228. The van der Waals surface area contributed by atoms with E-state index in [0.717, 1.165) is 4.90 Å². The van der Waals surface area contributed by atoms with E-state index in [1.54, 1.807) is 0 Å². The smallest absolute Gasteiger partial charge is 0.305 e. The molecule has 3 amide bonds. The molecule has 1 saturated heterocycles. The van der Waals surface area contributed by atoms with Crippen LogP contribution in [0.1, 0.15) is 37.5 Å². The molecule has 2 heterocycles. The number of amides is 3. The van der Waals surface area contributed by atoms with Crippen molar-refractivity contribution < 1.29 is 29.0 Å². The lowest BCUT2D eigenvalue weighted by molar-refractivity contribution is -0.139. The van der Waals surface area contributed by atoms with Gasteiger partial charge in [0, 0.05) is 19.2 Å². The highest BCUT2D eigenvalue weighted by Gasteiger charge is 2.35. The fourth-order valence-corrected chi connectivity index (χ4v) is 2.95. The number of morpholine rings is 1. The van der Waals surface area contributed by atoms with Gasteiger partial charge in [0.25, 0.3) is 17.7 Å². The standard InChI is InChI=1S/C16H16N2O6/c1-17-15(22)11-3-2-9(6-12(11)16(17)23)14(21)18-4-5-24-8-10(18)7-13(19)20/h2-3,6,10H,4-5,7-8H2,1H3,(H,19,20). The number of carbonyl (C=O) groups is 4. The van der Waals surface area contributed by atoms with Gasteiger partial charge in [-0.25, -0.2) is 0 Å². The molecule has 1 unspecified atom stereocenters. The first-order chi connectivity index (χ1) is 11.4. The van der Waals surface area contributed by atoms with E-state index in [4.69, 9.17) is 9.84 Å². The Balaban J connectivity index is 1.89. The lowest BCUT2D eigenvalue weighted by Gasteiger charge is -2.34. The zero-order valence-corrected chi connectivity index (χ0v) is 13.0. The van der Waals surface area contributed by atoms with Crippen molar-refractivity contribution in [2.24, 2.45) is 0 Å². The second-order valence-electron chi connectivity index (χ2n) is 5.75. The summed E-state index contributed by atoms with van der Waals surface area (Å²) in [5.41, 5.74) is 0.710. The number of hydrogen-bond donors (Lipinski definition) is 1. The molecule has 8 heteroatoms. The Kier molecular flexibility index (Phi) is 4.06. The minimum absolute atomic E-state index is 0.156. The topological polar surface area (TPSA) is 104 Å². The van der Waals surface area contributed by atoms with E-state index in [0.29, 0.717) is 6.61 Å². The summed E-state index contributed by atoms with van der Waals surface area (Å²) in [5.74, 6) is -2.24. The number of nitrogens with zero attached hydrogens (tertiary/aromatic N) is 2. The average molecular weight is 332 g/mol. The van der Waals surface area contributed by atoms with E-state index in [-0.39, 0.29) is 42.2 Å². The van der Waals surface area contributed by atoms with Gasteiger partial charge in [0.1, 0.15) is 0 Å². The third-order valence-electron chi connectivity index (χ3n) is 4.24. The van der Waals surface area contributed by atoms with Crippen molar-refractivity contribution >= 4 is 23.7 Å². The van der Waals surface area contributed by atoms with Gasteiger partial charge < -0.3 is 14.7 Å². The summed E-state index contributed by atoms with van der Waals surface area (Å²) in [6.07, 6.45) is -0.211. The quantitative estimate of drug-likeness (QED) is 0.795. The number of aliphatic carboxylic acids is 1. The number of imide groups is 1. The predicted molar refractivity (Wildman–Crippen MR) is 80.8 cm³/mol. The number of fused-ring (bicyclic) bond motifs is 1. The Morgan fingerprint density at radius 1 is 1.25 bits per heavy atom. The first kappa shape index (κ1) is 16.1. The van der Waals surface area contributed by atoms with Crippen LogP contribution in [-0.2, 0) is 9.53 Å². The molecule has 1 fully saturated rings. The van der Waals surface area contributed by atoms with Crippen molar-refractivity contribution in [2.45, 2.75) is 12.5 Å². The van der Waals surface area contributed by atoms with Gasteiger partial charge in [0.15, 0.2) is 0 Å². The summed E-state index contributed by atoms with van der Waals surface area (Å²) >= 11 is 0. The molecular formula is C16H16N2O6. The molecule has 0 aromatic heterocycles. The van der Waals surface area contributed by atoms with E-state index in [9.17, 15) is 19.2 Å². The summed E-state index contributed by atoms with van der Waals surface area (Å²) in [5, 5.41) is 8.97. The number of benzene rings is 1. The molecule has 0 saturated carbocycles. The highest BCUT2D eigenvalue weighted by Crippen LogP contribution is 2.24. The first-order valence-corrected chi connectivity index (χ1v) is 7.47. The third kappa shape index (κ3) is 2.65. The van der Waals surface area contributed by atoms with Gasteiger partial charge in [-0.2, -0.15) is 0 Å². The van der Waals surface area contributed by atoms with Crippen LogP contribution in [0.2, 0.25) is 0 Å². The van der Waals surface area contributed by atoms with Crippen LogP contribution in [-0.4, -0.2) is 71.4 Å². The molecule has 24 heavy (non-hydrogen) atoms. The zero-order valence-electron chi connectivity index (χ0n) is 13.0. The monoisotopic (exact) mass is 332 g/mol. The van der Waals surface area contributed by atoms with Gasteiger partial charge in [-0.1, -0.05) is 0 Å². The van der Waals surface area contributed by atoms with Crippen LogP contribution in [0.15, 0.2) is 18.2 Å². The van der Waals surface area contributed by atoms with E-state index in [1.165, 1.54) is 30.1 Å². The summed E-state index contributed by atoms with van der Waals surface area (Å²) in [4.78, 5) is 50.1. The molecule has 1 atom stereocenters. The van der Waals surface area contributed by atoms with Crippen molar-refractivity contribution in [1.29, 1.82) is 0 Å². The molecule has 1 aromatic rings. The molecule has 8 nitrogen and oxygen atoms in total. The minimum atomic E-state index is -1.01. The number of hydrogen-bond acceptors (Lipinski definition) is 5. The normalized spacial score (nSPS) is 20.3. The van der Waals surface area contributed by atoms with Crippen LogP contribution in [0.3, 0.4) is 0 Å². The van der Waals surface area contributed by atoms with Crippen molar-refractivity contribution in [3.8, 4) is 0 Å². The number of ether oxygens (including phenoxy) is 1. The lowest BCUT2D eigenvalue weighted by Crippen LogP contribution is -2.49. The van der Waals surface area contributed by atoms with Gasteiger partial charge in [-0.05, 0) is 18.2 Å². The largest absolute Gasteiger partial charge is 0.481 e.